The molecule has 2 aliphatic rings. The van der Waals surface area contributed by atoms with Crippen LogP contribution >= 0.6 is 0 Å². The van der Waals surface area contributed by atoms with Crippen LogP contribution in [-0.2, 0) is 22.6 Å². The number of ether oxygens (including phenoxy) is 4. The normalized spacial score (nSPS) is 19.1. The number of unbranched alkanes of at least 4 members (excludes halogenated alkanes) is 1. The molecule has 0 unspecified atom stereocenters. The Morgan fingerprint density at radius 3 is 2.47 bits per heavy atom. The van der Waals surface area contributed by atoms with Gasteiger partial charge < -0.3 is 33.4 Å². The highest BCUT2D eigenvalue weighted by atomic mass is 16.7. The fourth-order valence-corrected chi connectivity index (χ4v) is 6.89. The first-order valence-electron chi connectivity index (χ1n) is 16.3. The molecule has 0 aliphatic carbocycles. The van der Waals surface area contributed by atoms with E-state index in [1.165, 1.54) is 0 Å². The zero-order valence-electron chi connectivity index (χ0n) is 28.4. The van der Waals surface area contributed by atoms with Gasteiger partial charge in [0.05, 0.1) is 47.8 Å². The maximum Gasteiger partial charge on any atom is 0.308 e. The minimum atomic E-state index is -0.919. The summed E-state index contributed by atoms with van der Waals surface area (Å²) < 4.78 is 23.3. The highest BCUT2D eigenvalue weighted by molar-refractivity contribution is 5.95. The summed E-state index contributed by atoms with van der Waals surface area (Å²) in [6, 6.07) is 19.1. The molecule has 10 nitrogen and oxygen atoms in total. The van der Waals surface area contributed by atoms with Crippen LogP contribution in [0, 0.1) is 5.92 Å². The van der Waals surface area contributed by atoms with Crippen LogP contribution in [0.25, 0.3) is 0 Å². The van der Waals surface area contributed by atoms with Crippen molar-refractivity contribution in [2.75, 3.05) is 66.7 Å². The molecular weight excluding hydrogens is 598 g/mol. The molecule has 1 fully saturated rings. The zero-order valence-corrected chi connectivity index (χ0v) is 28.4. The number of hydrogen-bond acceptors (Lipinski definition) is 7. The Balaban J connectivity index is 1.52. The van der Waals surface area contributed by atoms with Crippen molar-refractivity contribution in [1.29, 1.82) is 0 Å². The fraction of sp³-hybridized carbons (Fsp3) is 0.459. The third kappa shape index (κ3) is 7.82. The largest absolute Gasteiger partial charge is 0.496 e. The van der Waals surface area contributed by atoms with Crippen molar-refractivity contribution < 1.29 is 38.1 Å². The summed E-state index contributed by atoms with van der Waals surface area (Å²) in [7, 11) is 9.61. The number of methoxy groups -OCH3 is 2. The third-order valence-corrected chi connectivity index (χ3v) is 9.02. The van der Waals surface area contributed by atoms with Gasteiger partial charge in [-0.1, -0.05) is 43.7 Å². The van der Waals surface area contributed by atoms with E-state index in [0.717, 1.165) is 46.2 Å². The van der Waals surface area contributed by atoms with E-state index in [1.54, 1.807) is 14.2 Å². The van der Waals surface area contributed by atoms with Gasteiger partial charge >= 0.3 is 5.97 Å². The lowest BCUT2D eigenvalue weighted by atomic mass is 9.83. The van der Waals surface area contributed by atoms with Crippen LogP contribution in [0.5, 0.6) is 23.0 Å². The van der Waals surface area contributed by atoms with Gasteiger partial charge in [0, 0.05) is 36.3 Å². The summed E-state index contributed by atoms with van der Waals surface area (Å²) in [4.78, 5) is 31.4. The maximum absolute atomic E-state index is 14.3. The second-order valence-electron chi connectivity index (χ2n) is 13.5. The summed E-state index contributed by atoms with van der Waals surface area (Å²) in [5.74, 6) is 0.00665. The van der Waals surface area contributed by atoms with E-state index in [2.05, 4.69) is 40.2 Å². The summed E-state index contributed by atoms with van der Waals surface area (Å²) in [5, 5.41) is 10.8. The molecule has 10 heteroatoms. The van der Waals surface area contributed by atoms with Gasteiger partial charge in [0.25, 0.3) is 0 Å². The number of para-hydroxylation sites is 1. The molecule has 5 rings (SSSR count). The third-order valence-electron chi connectivity index (χ3n) is 9.02. The molecule has 3 aromatic carbocycles. The molecule has 1 amide bonds. The topological polar surface area (TPSA) is 97.8 Å². The number of amides is 1. The number of quaternary nitrogens is 1. The molecule has 1 N–H and O–H groups in total. The Hall–Kier alpha value is -4.28. The minimum absolute atomic E-state index is 0.0565. The Bertz CT molecular complexity index is 1570. The van der Waals surface area contributed by atoms with Gasteiger partial charge in [0.2, 0.25) is 18.4 Å². The van der Waals surface area contributed by atoms with Crippen molar-refractivity contribution in [2.45, 2.75) is 44.7 Å². The van der Waals surface area contributed by atoms with Gasteiger partial charge in [-0.25, -0.2) is 0 Å². The maximum atomic E-state index is 14.3. The number of benzene rings is 3. The number of fused-ring (bicyclic) bond motifs is 1. The first kappa shape index (κ1) is 34.1. The molecule has 0 aromatic heterocycles. The summed E-state index contributed by atoms with van der Waals surface area (Å²) in [6.07, 6.45) is 2.20. The molecule has 3 atom stereocenters. The lowest BCUT2D eigenvalue weighted by Crippen LogP contribution is -2.45. The predicted octanol–water partition coefficient (Wildman–Crippen LogP) is 5.18. The molecule has 2 aliphatic heterocycles. The first-order chi connectivity index (χ1) is 22.5. The van der Waals surface area contributed by atoms with Crippen molar-refractivity contribution in [3.63, 3.8) is 0 Å². The van der Waals surface area contributed by atoms with Crippen LogP contribution in [-0.4, -0.2) is 94.2 Å². The van der Waals surface area contributed by atoms with Gasteiger partial charge in [0.15, 0.2) is 11.5 Å². The number of nitrogens with zero attached hydrogens (tertiary/aromatic N) is 3. The van der Waals surface area contributed by atoms with Crippen LogP contribution in [0.1, 0.15) is 42.4 Å². The van der Waals surface area contributed by atoms with Crippen molar-refractivity contribution in [3.05, 3.63) is 77.4 Å². The average Bonchev–Trinajstić information content (AvgIpc) is 3.65. The van der Waals surface area contributed by atoms with E-state index in [1.807, 2.05) is 58.3 Å². The Kier molecular flexibility index (Phi) is 10.6. The highest BCUT2D eigenvalue weighted by Gasteiger charge is 2.48. The number of carboxylic acid groups (broad SMARTS) is 1. The van der Waals surface area contributed by atoms with Crippen LogP contribution in [0.3, 0.4) is 0 Å². The number of likely N-dealkylation sites (tertiary alicyclic amines) is 1. The van der Waals surface area contributed by atoms with Crippen LogP contribution < -0.4 is 23.8 Å². The molecular formula is C37H48N3O7+. The van der Waals surface area contributed by atoms with E-state index < -0.39 is 23.8 Å². The smallest absolute Gasteiger partial charge is 0.308 e. The lowest BCUT2D eigenvalue weighted by Gasteiger charge is -2.30. The van der Waals surface area contributed by atoms with Crippen LogP contribution in [0.4, 0.5) is 5.69 Å². The standard InChI is InChI=1S/C37H47N3O7/c1-7-8-16-39(28-14-11-12-25(17-28)23-40(2,3)4)34(41)22-38-21-29(27-19-32(45-6)36-33(20-27)46-24-47-36)35(37(42)43)30(38)18-26-13-9-10-15-31(26)44-5/h9-15,17,19-20,29-30,35H,7-8,16,18,21-24H2,1-6H3/p+1/t29-,30+,35-/m1/s1. The van der Waals surface area contributed by atoms with E-state index in [4.69, 9.17) is 18.9 Å². The van der Waals surface area contributed by atoms with Crippen molar-refractivity contribution in [2.24, 2.45) is 5.92 Å². The molecule has 0 spiro atoms. The van der Waals surface area contributed by atoms with Gasteiger partial charge in [-0.2, -0.15) is 0 Å². The molecule has 3 aromatic rings. The number of aliphatic carboxylic acids is 1. The quantitative estimate of drug-likeness (QED) is 0.239. The van der Waals surface area contributed by atoms with E-state index in [0.29, 0.717) is 42.5 Å². The molecule has 2 heterocycles. The van der Waals surface area contributed by atoms with Crippen molar-refractivity contribution >= 4 is 17.6 Å². The van der Waals surface area contributed by atoms with Crippen LogP contribution in [0.2, 0.25) is 0 Å². The number of hydrogen-bond donors (Lipinski definition) is 1. The molecule has 0 radical (unpaired) electrons. The number of rotatable bonds is 14. The van der Waals surface area contributed by atoms with E-state index >= 15 is 0 Å². The summed E-state index contributed by atoms with van der Waals surface area (Å²) >= 11 is 0. The highest BCUT2D eigenvalue weighted by Crippen LogP contribution is 2.47. The Morgan fingerprint density at radius 2 is 1.77 bits per heavy atom. The van der Waals surface area contributed by atoms with Gasteiger partial charge in [0.1, 0.15) is 12.3 Å². The molecule has 0 bridgehead atoms. The zero-order chi connectivity index (χ0) is 33.7. The van der Waals surface area contributed by atoms with Crippen molar-refractivity contribution in [3.8, 4) is 23.0 Å². The number of carboxylic acids is 1. The first-order valence-corrected chi connectivity index (χ1v) is 16.3. The van der Waals surface area contributed by atoms with Gasteiger partial charge in [-0.3, -0.25) is 14.5 Å². The summed E-state index contributed by atoms with van der Waals surface area (Å²) in [6.45, 7) is 4.04. The van der Waals surface area contributed by atoms with E-state index in [9.17, 15) is 14.7 Å². The average molecular weight is 647 g/mol. The molecule has 1 saturated heterocycles. The monoisotopic (exact) mass is 646 g/mol. The Labute approximate surface area is 278 Å². The molecule has 47 heavy (non-hydrogen) atoms. The number of carbonyl (C=O) groups excluding carboxylic acids is 1. The van der Waals surface area contributed by atoms with E-state index in [-0.39, 0.29) is 19.2 Å². The lowest BCUT2D eigenvalue weighted by molar-refractivity contribution is -0.884. The van der Waals surface area contributed by atoms with Crippen LogP contribution in [0.15, 0.2) is 60.7 Å². The number of anilines is 1. The van der Waals surface area contributed by atoms with Gasteiger partial charge in [-0.05, 0) is 54.3 Å². The predicted molar refractivity (Wildman–Crippen MR) is 180 cm³/mol. The summed E-state index contributed by atoms with van der Waals surface area (Å²) in [5.41, 5.74) is 3.68. The second-order valence-corrected chi connectivity index (χ2v) is 13.5. The second kappa shape index (κ2) is 14.6. The number of carbonyl (C=O) groups is 2. The van der Waals surface area contributed by atoms with Gasteiger partial charge in [-0.15, -0.1) is 0 Å². The SMILES string of the molecule is CCCCN(C(=O)CN1C[C@H](c2cc(OC)c3c(c2)OCO3)[C@@H](C(=O)O)[C@@H]1Cc1ccccc1OC)c1cccc(C[N+](C)(C)C)c1. The minimum Gasteiger partial charge on any atom is -0.496 e. The Morgan fingerprint density at radius 1 is 1.00 bits per heavy atom. The fourth-order valence-electron chi connectivity index (χ4n) is 6.89. The molecule has 0 saturated carbocycles. The van der Waals surface area contributed by atoms with Crippen molar-refractivity contribution in [1.82, 2.24) is 4.90 Å². The molecule has 252 valence electrons.